The van der Waals surface area contributed by atoms with E-state index in [1.807, 2.05) is 19.1 Å². The lowest BCUT2D eigenvalue weighted by Crippen LogP contribution is -2.11. The molecule has 0 radical (unpaired) electrons. The Morgan fingerprint density at radius 1 is 1.44 bits per heavy atom. The molecular formula is C13H17NO2. The molecule has 3 nitrogen and oxygen atoms in total. The predicted octanol–water partition coefficient (Wildman–Crippen LogP) is 1.94. The third-order valence-corrected chi connectivity index (χ3v) is 3.01. The fraction of sp³-hybridized carbons (Fsp3) is 0.462. The molecule has 0 heterocycles. The van der Waals surface area contributed by atoms with Crippen LogP contribution in [0.4, 0.5) is 5.69 Å². The van der Waals surface area contributed by atoms with Crippen LogP contribution >= 0.6 is 0 Å². The average Bonchev–Trinajstić information content (AvgIpc) is 2.59. The molecule has 16 heavy (non-hydrogen) atoms. The van der Waals surface area contributed by atoms with Crippen molar-refractivity contribution in [2.24, 2.45) is 5.92 Å². The van der Waals surface area contributed by atoms with E-state index in [1.54, 1.807) is 0 Å². The summed E-state index contributed by atoms with van der Waals surface area (Å²) in [5, 5.41) is 0. The van der Waals surface area contributed by atoms with E-state index in [4.69, 9.17) is 10.5 Å². The summed E-state index contributed by atoms with van der Waals surface area (Å²) in [6.45, 7) is 2.30. The number of fused-ring (bicyclic) bond motifs is 1. The third-order valence-electron chi connectivity index (χ3n) is 3.01. The van der Waals surface area contributed by atoms with E-state index >= 15 is 0 Å². The molecule has 1 aliphatic rings. The highest BCUT2D eigenvalue weighted by atomic mass is 16.5. The minimum atomic E-state index is -0.0896. The van der Waals surface area contributed by atoms with Gasteiger partial charge in [-0.1, -0.05) is 6.07 Å². The van der Waals surface area contributed by atoms with Crippen molar-refractivity contribution in [1.29, 1.82) is 0 Å². The van der Waals surface area contributed by atoms with Gasteiger partial charge >= 0.3 is 5.97 Å². The van der Waals surface area contributed by atoms with E-state index in [0.29, 0.717) is 18.9 Å². The molecule has 0 saturated carbocycles. The van der Waals surface area contributed by atoms with E-state index < -0.39 is 0 Å². The first-order valence-corrected chi connectivity index (χ1v) is 5.72. The van der Waals surface area contributed by atoms with Crippen molar-refractivity contribution in [3.05, 3.63) is 29.3 Å². The second kappa shape index (κ2) is 4.56. The number of ether oxygens (including phenoxy) is 1. The van der Waals surface area contributed by atoms with Gasteiger partial charge in [0.1, 0.15) is 0 Å². The van der Waals surface area contributed by atoms with Crippen LogP contribution < -0.4 is 5.73 Å². The smallest absolute Gasteiger partial charge is 0.306 e. The van der Waals surface area contributed by atoms with E-state index in [-0.39, 0.29) is 5.97 Å². The predicted molar refractivity (Wildman–Crippen MR) is 63.0 cm³/mol. The highest BCUT2D eigenvalue weighted by molar-refractivity contribution is 5.70. The lowest BCUT2D eigenvalue weighted by atomic mass is 10.0. The molecule has 1 aromatic carbocycles. The Balaban J connectivity index is 1.97. The third kappa shape index (κ3) is 2.35. The molecule has 0 fully saturated rings. The standard InChI is InChI=1S/C13H17NO2/c1-2-16-13(15)7-9-5-10-3-4-12(14)8-11(10)6-9/h3-4,8-9H,2,5-7,14H2,1H3. The van der Waals surface area contributed by atoms with E-state index in [0.717, 1.165) is 18.5 Å². The number of esters is 1. The summed E-state index contributed by atoms with van der Waals surface area (Å²) in [6.07, 6.45) is 2.43. The summed E-state index contributed by atoms with van der Waals surface area (Å²) in [5.41, 5.74) is 9.14. The molecule has 1 aliphatic carbocycles. The molecule has 2 rings (SSSR count). The summed E-state index contributed by atoms with van der Waals surface area (Å²) in [7, 11) is 0. The van der Waals surface area contributed by atoms with E-state index in [1.165, 1.54) is 11.1 Å². The molecule has 0 spiro atoms. The van der Waals surface area contributed by atoms with Crippen molar-refractivity contribution >= 4 is 11.7 Å². The van der Waals surface area contributed by atoms with Crippen LogP contribution in [0.3, 0.4) is 0 Å². The monoisotopic (exact) mass is 219 g/mol. The SMILES string of the molecule is CCOC(=O)CC1Cc2ccc(N)cc2C1. The molecule has 0 bridgehead atoms. The van der Waals surface area contributed by atoms with Crippen molar-refractivity contribution < 1.29 is 9.53 Å². The zero-order valence-electron chi connectivity index (χ0n) is 9.53. The summed E-state index contributed by atoms with van der Waals surface area (Å²) in [5.74, 6) is 0.295. The van der Waals surface area contributed by atoms with Gasteiger partial charge in [0.05, 0.1) is 6.61 Å². The van der Waals surface area contributed by atoms with Gasteiger partial charge in [-0.25, -0.2) is 0 Å². The first kappa shape index (κ1) is 11.0. The van der Waals surface area contributed by atoms with Crippen molar-refractivity contribution in [2.45, 2.75) is 26.2 Å². The van der Waals surface area contributed by atoms with Crippen molar-refractivity contribution in [3.63, 3.8) is 0 Å². The number of anilines is 1. The van der Waals surface area contributed by atoms with Gasteiger partial charge in [-0.15, -0.1) is 0 Å². The van der Waals surface area contributed by atoms with Crippen LogP contribution in [-0.2, 0) is 22.4 Å². The van der Waals surface area contributed by atoms with Gasteiger partial charge in [0.15, 0.2) is 0 Å². The first-order valence-electron chi connectivity index (χ1n) is 5.72. The Labute approximate surface area is 95.6 Å². The summed E-state index contributed by atoms with van der Waals surface area (Å²) in [4.78, 5) is 11.4. The van der Waals surface area contributed by atoms with Gasteiger partial charge in [-0.3, -0.25) is 4.79 Å². The van der Waals surface area contributed by atoms with E-state index in [9.17, 15) is 4.79 Å². The minimum absolute atomic E-state index is 0.0896. The van der Waals surface area contributed by atoms with Crippen LogP contribution in [-0.4, -0.2) is 12.6 Å². The van der Waals surface area contributed by atoms with Crippen LogP contribution in [0.2, 0.25) is 0 Å². The van der Waals surface area contributed by atoms with Gasteiger partial charge in [0, 0.05) is 12.1 Å². The largest absolute Gasteiger partial charge is 0.466 e. The Morgan fingerprint density at radius 3 is 2.94 bits per heavy atom. The van der Waals surface area contributed by atoms with Gasteiger partial charge in [0.25, 0.3) is 0 Å². The number of hydrogen-bond donors (Lipinski definition) is 1. The average molecular weight is 219 g/mol. The van der Waals surface area contributed by atoms with Crippen molar-refractivity contribution in [1.82, 2.24) is 0 Å². The topological polar surface area (TPSA) is 52.3 Å². The first-order chi connectivity index (χ1) is 7.69. The number of hydrogen-bond acceptors (Lipinski definition) is 3. The highest BCUT2D eigenvalue weighted by Crippen LogP contribution is 2.30. The molecule has 1 unspecified atom stereocenters. The number of nitrogen functional groups attached to an aromatic ring is 1. The molecule has 0 aromatic heterocycles. The van der Waals surface area contributed by atoms with Gasteiger partial charge < -0.3 is 10.5 Å². The molecule has 3 heteroatoms. The summed E-state index contributed by atoms with van der Waals surface area (Å²) < 4.78 is 4.96. The van der Waals surface area contributed by atoms with Gasteiger partial charge in [0.2, 0.25) is 0 Å². The maximum absolute atomic E-state index is 11.4. The Kier molecular flexibility index (Phi) is 3.13. The van der Waals surface area contributed by atoms with Gasteiger partial charge in [-0.2, -0.15) is 0 Å². The zero-order chi connectivity index (χ0) is 11.5. The van der Waals surface area contributed by atoms with Crippen LogP contribution in [0, 0.1) is 5.92 Å². The summed E-state index contributed by atoms with van der Waals surface area (Å²) >= 11 is 0. The second-order valence-electron chi connectivity index (χ2n) is 4.31. The lowest BCUT2D eigenvalue weighted by Gasteiger charge is -2.07. The fourth-order valence-corrected chi connectivity index (χ4v) is 2.33. The lowest BCUT2D eigenvalue weighted by molar-refractivity contribution is -0.144. The molecule has 0 saturated heterocycles. The van der Waals surface area contributed by atoms with Crippen LogP contribution in [0.15, 0.2) is 18.2 Å². The van der Waals surface area contributed by atoms with Crippen LogP contribution in [0.1, 0.15) is 24.5 Å². The molecule has 1 atom stereocenters. The molecule has 0 aliphatic heterocycles. The fourth-order valence-electron chi connectivity index (χ4n) is 2.33. The minimum Gasteiger partial charge on any atom is -0.466 e. The Morgan fingerprint density at radius 2 is 2.19 bits per heavy atom. The van der Waals surface area contributed by atoms with E-state index in [2.05, 4.69) is 6.07 Å². The van der Waals surface area contributed by atoms with Crippen molar-refractivity contribution in [3.8, 4) is 0 Å². The Bertz CT molecular complexity index is 401. The second-order valence-corrected chi connectivity index (χ2v) is 4.31. The summed E-state index contributed by atoms with van der Waals surface area (Å²) in [6, 6.07) is 6.00. The number of nitrogens with two attached hydrogens (primary N) is 1. The quantitative estimate of drug-likeness (QED) is 0.624. The molecule has 86 valence electrons. The number of carbonyl (C=O) groups is 1. The number of carbonyl (C=O) groups excluding carboxylic acids is 1. The Hall–Kier alpha value is -1.51. The van der Waals surface area contributed by atoms with Crippen LogP contribution in [0.5, 0.6) is 0 Å². The molecule has 2 N–H and O–H groups in total. The zero-order valence-corrected chi connectivity index (χ0v) is 9.53. The molecule has 0 amide bonds. The van der Waals surface area contributed by atoms with Crippen molar-refractivity contribution in [2.75, 3.05) is 12.3 Å². The number of rotatable bonds is 3. The van der Waals surface area contributed by atoms with Gasteiger partial charge in [-0.05, 0) is 48.9 Å². The number of benzene rings is 1. The molecule has 1 aromatic rings. The highest BCUT2D eigenvalue weighted by Gasteiger charge is 2.24. The maximum Gasteiger partial charge on any atom is 0.306 e. The normalized spacial score (nSPS) is 18.2. The molecular weight excluding hydrogens is 202 g/mol. The maximum atomic E-state index is 11.4. The van der Waals surface area contributed by atoms with Crippen LogP contribution in [0.25, 0.3) is 0 Å².